The van der Waals surface area contributed by atoms with Crippen LogP contribution in [0.3, 0.4) is 0 Å². The van der Waals surface area contributed by atoms with E-state index in [0.29, 0.717) is 5.69 Å². The molecule has 1 saturated carbocycles. The van der Waals surface area contributed by atoms with Crippen molar-refractivity contribution >= 4 is 21.4 Å². The monoisotopic (exact) mass is 467 g/mol. The molecule has 0 atom stereocenters. The molecule has 0 unspecified atom stereocenters. The summed E-state index contributed by atoms with van der Waals surface area (Å²) >= 11 is 0. The Kier molecular flexibility index (Phi) is 5.32. The van der Waals surface area contributed by atoms with Crippen LogP contribution < -0.4 is 5.32 Å². The van der Waals surface area contributed by atoms with Crippen LogP contribution in [0.15, 0.2) is 53.6 Å². The van der Waals surface area contributed by atoms with E-state index in [1.807, 2.05) is 0 Å². The van der Waals surface area contributed by atoms with Crippen LogP contribution in [0.2, 0.25) is 0 Å². The maximum absolute atomic E-state index is 14.2. The minimum Gasteiger partial charge on any atom is -0.319 e. The fraction of sp³-hybridized carbons (Fsp3) is 0.238. The molecule has 3 aromatic rings. The quantitative estimate of drug-likeness (QED) is 0.441. The van der Waals surface area contributed by atoms with Crippen molar-refractivity contribution in [2.45, 2.75) is 29.8 Å². The number of sulfone groups is 1. The van der Waals surface area contributed by atoms with E-state index >= 15 is 0 Å². The molecule has 0 bridgehead atoms. The molecule has 4 rings (SSSR count). The first-order valence-electron chi connectivity index (χ1n) is 9.51. The second-order valence-corrected chi connectivity index (χ2v) is 9.56. The number of carbonyl (C=O) groups is 1. The van der Waals surface area contributed by atoms with Crippen molar-refractivity contribution in [1.29, 1.82) is 0 Å². The van der Waals surface area contributed by atoms with E-state index in [1.165, 1.54) is 23.0 Å². The molecule has 0 radical (unpaired) electrons. The van der Waals surface area contributed by atoms with Gasteiger partial charge in [-0.15, -0.1) is 0 Å². The van der Waals surface area contributed by atoms with Crippen molar-refractivity contribution in [2.75, 3.05) is 11.6 Å². The molecule has 1 aliphatic carbocycles. The van der Waals surface area contributed by atoms with Gasteiger partial charge in [0, 0.05) is 12.2 Å². The largest absolute Gasteiger partial charge is 0.416 e. The average Bonchev–Trinajstić information content (AvgIpc) is 3.45. The lowest BCUT2D eigenvalue weighted by Gasteiger charge is -2.12. The molecule has 0 saturated heterocycles. The third-order valence-corrected chi connectivity index (χ3v) is 6.16. The molecule has 1 heterocycles. The van der Waals surface area contributed by atoms with Gasteiger partial charge in [-0.2, -0.15) is 18.3 Å². The fourth-order valence-electron chi connectivity index (χ4n) is 3.32. The lowest BCUT2D eigenvalue weighted by atomic mass is 10.1. The number of hydrogen-bond acceptors (Lipinski definition) is 4. The molecule has 11 heteroatoms. The number of hydrogen-bond donors (Lipinski definition) is 1. The molecular weight excluding hydrogens is 450 g/mol. The van der Waals surface area contributed by atoms with Crippen LogP contribution in [0.4, 0.5) is 23.2 Å². The molecule has 6 nitrogen and oxygen atoms in total. The van der Waals surface area contributed by atoms with Crippen LogP contribution in [0, 0.1) is 5.82 Å². The van der Waals surface area contributed by atoms with Crippen LogP contribution in [0.1, 0.15) is 40.4 Å². The van der Waals surface area contributed by atoms with Crippen molar-refractivity contribution in [3.8, 4) is 5.69 Å². The topological polar surface area (TPSA) is 81.1 Å². The van der Waals surface area contributed by atoms with E-state index in [-0.39, 0.29) is 27.8 Å². The third-order valence-electron chi connectivity index (χ3n) is 5.05. The van der Waals surface area contributed by atoms with Crippen molar-refractivity contribution < 1.29 is 30.8 Å². The first kappa shape index (κ1) is 22.0. The summed E-state index contributed by atoms with van der Waals surface area (Å²) in [5, 5.41) is 6.46. The summed E-state index contributed by atoms with van der Waals surface area (Å²) in [5.41, 5.74) is -0.536. The number of alkyl halides is 3. The second-order valence-electron chi connectivity index (χ2n) is 7.55. The van der Waals surface area contributed by atoms with Crippen LogP contribution in [-0.2, 0) is 16.0 Å². The first-order valence-corrected chi connectivity index (χ1v) is 11.4. The number of aromatic nitrogens is 2. The predicted octanol–water partition coefficient (Wildman–Crippen LogP) is 4.56. The zero-order chi connectivity index (χ0) is 23.3. The Balaban J connectivity index is 1.71. The molecular formula is C21H17F4N3O3S. The Morgan fingerprint density at radius 3 is 2.50 bits per heavy atom. The molecule has 0 spiro atoms. The number of amides is 1. The number of carbonyl (C=O) groups excluding carboxylic acids is 1. The highest BCUT2D eigenvalue weighted by Crippen LogP contribution is 2.43. The summed E-state index contributed by atoms with van der Waals surface area (Å²) in [4.78, 5) is 12.7. The SMILES string of the molecule is CS(=O)(=O)c1ccc(F)c(NC(=O)c2cnn(-c3cccc(C(F)(F)F)c3)c2C2CC2)c1. The number of rotatable bonds is 5. The van der Waals surface area contributed by atoms with Crippen molar-refractivity contribution in [1.82, 2.24) is 9.78 Å². The predicted molar refractivity (Wildman–Crippen MR) is 108 cm³/mol. The maximum Gasteiger partial charge on any atom is 0.416 e. The Morgan fingerprint density at radius 2 is 1.88 bits per heavy atom. The highest BCUT2D eigenvalue weighted by Gasteiger charge is 2.34. The first-order chi connectivity index (χ1) is 14.9. The normalized spacial score (nSPS) is 14.4. The van der Waals surface area contributed by atoms with Gasteiger partial charge in [0.1, 0.15) is 5.82 Å². The number of anilines is 1. The summed E-state index contributed by atoms with van der Waals surface area (Å²) in [5.74, 6) is -1.65. The zero-order valence-corrected chi connectivity index (χ0v) is 17.5. The summed E-state index contributed by atoms with van der Waals surface area (Å²) in [6, 6.07) is 7.61. The van der Waals surface area contributed by atoms with E-state index < -0.39 is 33.3 Å². The van der Waals surface area contributed by atoms with Gasteiger partial charge in [-0.25, -0.2) is 17.5 Å². The molecule has 1 amide bonds. The van der Waals surface area contributed by atoms with E-state index in [9.17, 15) is 30.8 Å². The van der Waals surface area contributed by atoms with E-state index in [2.05, 4.69) is 10.4 Å². The highest BCUT2D eigenvalue weighted by atomic mass is 32.2. The Hall–Kier alpha value is -3.21. The molecule has 1 fully saturated rings. The third kappa shape index (κ3) is 4.38. The summed E-state index contributed by atoms with van der Waals surface area (Å²) in [6.45, 7) is 0. The standard InChI is InChI=1S/C21H17F4N3O3S/c1-32(30,31)15-7-8-17(22)18(10-15)27-20(29)16-11-26-28(19(16)12-5-6-12)14-4-2-3-13(9-14)21(23,24)25/h2-4,7-12H,5-6H2,1H3,(H,27,29). The molecule has 168 valence electrons. The molecule has 1 aromatic heterocycles. The van der Waals surface area contributed by atoms with Crippen LogP contribution in [0.25, 0.3) is 5.69 Å². The molecule has 1 aliphatic rings. The lowest BCUT2D eigenvalue weighted by Crippen LogP contribution is -2.16. The van der Waals surface area contributed by atoms with Gasteiger partial charge < -0.3 is 5.32 Å². The van der Waals surface area contributed by atoms with Crippen LogP contribution in [0.5, 0.6) is 0 Å². The van der Waals surface area contributed by atoms with Gasteiger partial charge in [0.2, 0.25) is 0 Å². The number of halogens is 4. The molecule has 32 heavy (non-hydrogen) atoms. The van der Waals surface area contributed by atoms with Gasteiger partial charge in [0.15, 0.2) is 9.84 Å². The van der Waals surface area contributed by atoms with Gasteiger partial charge in [-0.05, 0) is 49.2 Å². The van der Waals surface area contributed by atoms with Gasteiger partial charge >= 0.3 is 6.18 Å². The number of nitrogens with one attached hydrogen (secondary N) is 1. The van der Waals surface area contributed by atoms with E-state index in [1.54, 1.807) is 0 Å². The Morgan fingerprint density at radius 1 is 1.16 bits per heavy atom. The second kappa shape index (κ2) is 7.73. The van der Waals surface area contributed by atoms with Gasteiger partial charge in [0.25, 0.3) is 5.91 Å². The number of benzene rings is 2. The van der Waals surface area contributed by atoms with Gasteiger partial charge in [0.05, 0.1) is 39.3 Å². The van der Waals surface area contributed by atoms with Crippen LogP contribution >= 0.6 is 0 Å². The zero-order valence-electron chi connectivity index (χ0n) is 16.6. The summed E-state index contributed by atoms with van der Waals surface area (Å²) < 4.78 is 78.3. The van der Waals surface area contributed by atoms with Gasteiger partial charge in [-0.1, -0.05) is 6.07 Å². The van der Waals surface area contributed by atoms with E-state index in [0.717, 1.165) is 49.4 Å². The van der Waals surface area contributed by atoms with Crippen molar-refractivity contribution in [2.24, 2.45) is 0 Å². The number of nitrogens with zero attached hydrogens (tertiary/aromatic N) is 2. The van der Waals surface area contributed by atoms with Gasteiger partial charge in [-0.3, -0.25) is 4.79 Å². The van der Waals surface area contributed by atoms with Crippen molar-refractivity contribution in [3.05, 3.63) is 71.3 Å². The maximum atomic E-state index is 14.2. The highest BCUT2D eigenvalue weighted by molar-refractivity contribution is 7.90. The smallest absolute Gasteiger partial charge is 0.319 e. The lowest BCUT2D eigenvalue weighted by molar-refractivity contribution is -0.137. The Bertz CT molecular complexity index is 1310. The fourth-order valence-corrected chi connectivity index (χ4v) is 3.97. The average molecular weight is 467 g/mol. The summed E-state index contributed by atoms with van der Waals surface area (Å²) in [7, 11) is -3.63. The Labute approximate surface area is 180 Å². The van der Waals surface area contributed by atoms with Crippen molar-refractivity contribution in [3.63, 3.8) is 0 Å². The molecule has 2 aromatic carbocycles. The van der Waals surface area contributed by atoms with E-state index in [4.69, 9.17) is 0 Å². The van der Waals surface area contributed by atoms with Crippen LogP contribution in [-0.4, -0.2) is 30.4 Å². The minimum absolute atomic E-state index is 0.0778. The molecule has 1 N–H and O–H groups in total. The minimum atomic E-state index is -4.54. The molecule has 0 aliphatic heterocycles. The summed E-state index contributed by atoms with van der Waals surface area (Å²) in [6.07, 6.45) is -0.922.